The molecule has 2 amide bonds. The number of carbonyl (C=O) groups is 2. The maximum absolute atomic E-state index is 12.6. The van der Waals surface area contributed by atoms with Crippen molar-refractivity contribution in [3.63, 3.8) is 0 Å². The van der Waals surface area contributed by atoms with Gasteiger partial charge in [-0.3, -0.25) is 19.6 Å². The van der Waals surface area contributed by atoms with Crippen LogP contribution in [0.5, 0.6) is 5.75 Å². The summed E-state index contributed by atoms with van der Waals surface area (Å²) in [7, 11) is 1.54. The van der Waals surface area contributed by atoms with E-state index in [-0.39, 0.29) is 11.8 Å². The Kier molecular flexibility index (Phi) is 3.76. The predicted molar refractivity (Wildman–Crippen MR) is 80.9 cm³/mol. The van der Waals surface area contributed by atoms with Crippen LogP contribution in [0.25, 0.3) is 0 Å². The number of ether oxygens (including phenoxy) is 1. The number of rotatable bonds is 2. The molecule has 0 atom stereocenters. The molecule has 2 aliphatic rings. The van der Waals surface area contributed by atoms with Crippen LogP contribution in [0.4, 0.5) is 0 Å². The van der Waals surface area contributed by atoms with Gasteiger partial charge in [-0.05, 0) is 31.9 Å². The molecule has 22 heavy (non-hydrogen) atoms. The van der Waals surface area contributed by atoms with Crippen LogP contribution in [0.2, 0.25) is 0 Å². The number of fused-ring (bicyclic) bond motifs is 1. The fourth-order valence-corrected chi connectivity index (χ4v) is 3.06. The third-order valence-electron chi connectivity index (χ3n) is 4.10. The maximum atomic E-state index is 12.6. The highest BCUT2D eigenvalue weighted by Gasteiger charge is 2.47. The monoisotopic (exact) mass is 298 g/mol. The second-order valence-electron chi connectivity index (χ2n) is 5.39. The Morgan fingerprint density at radius 3 is 2.32 bits per heavy atom. The van der Waals surface area contributed by atoms with E-state index in [0.717, 1.165) is 18.4 Å². The predicted octanol–water partition coefficient (Wildman–Crippen LogP) is 1.53. The first-order valence-corrected chi connectivity index (χ1v) is 7.40. The van der Waals surface area contributed by atoms with E-state index >= 15 is 0 Å². The van der Waals surface area contributed by atoms with Gasteiger partial charge in [-0.25, -0.2) is 0 Å². The normalized spacial score (nSPS) is 18.1. The lowest BCUT2D eigenvalue weighted by atomic mass is 9.96. The molecular weight excluding hydrogens is 280 g/mol. The first-order chi connectivity index (χ1) is 10.7. The Hall–Kier alpha value is -2.48. The van der Waals surface area contributed by atoms with E-state index in [0.29, 0.717) is 24.4 Å². The zero-order valence-electron chi connectivity index (χ0n) is 12.8. The minimum atomic E-state index is -0.795. The van der Waals surface area contributed by atoms with E-state index in [1.165, 1.54) is 0 Å². The summed E-state index contributed by atoms with van der Waals surface area (Å²) in [6.07, 6.45) is 1.87. The number of amides is 2. The van der Waals surface area contributed by atoms with Gasteiger partial charge in [0, 0.05) is 24.2 Å². The second-order valence-corrected chi connectivity index (χ2v) is 5.39. The Bertz CT molecular complexity index is 663. The highest BCUT2D eigenvalue weighted by molar-refractivity contribution is 6.10. The third kappa shape index (κ3) is 2.21. The molecule has 0 unspecified atom stereocenters. The molecule has 0 saturated carbocycles. The van der Waals surface area contributed by atoms with E-state index in [1.807, 2.05) is 6.07 Å². The van der Waals surface area contributed by atoms with Gasteiger partial charge in [0.2, 0.25) is 0 Å². The van der Waals surface area contributed by atoms with Gasteiger partial charge in [0.15, 0.2) is 0 Å². The molecule has 1 aromatic carbocycles. The van der Waals surface area contributed by atoms with Crippen LogP contribution in [0.1, 0.15) is 36.8 Å². The van der Waals surface area contributed by atoms with Crippen molar-refractivity contribution < 1.29 is 14.3 Å². The molecule has 3 rings (SSSR count). The fraction of sp³-hybridized carbons (Fsp3) is 0.412. The van der Waals surface area contributed by atoms with Crippen molar-refractivity contribution >= 4 is 11.8 Å². The average molecular weight is 298 g/mol. The molecule has 0 spiro atoms. The Morgan fingerprint density at radius 1 is 1.14 bits per heavy atom. The van der Waals surface area contributed by atoms with Crippen LogP contribution in [0.3, 0.4) is 0 Å². The van der Waals surface area contributed by atoms with E-state index in [2.05, 4.69) is 11.8 Å². The molecule has 2 saturated heterocycles. The standard InChI is InChI=1S/C17H18N2O3/c1-3-6-12-7-8-13(14(11-12)22-2)15-16(20)18-9-4-5-10-19(18)17(15)21/h7-8,11,15H,4-5,9-10H2,1-2H3. The first kappa shape index (κ1) is 14.5. The van der Waals surface area contributed by atoms with Crippen molar-refractivity contribution in [3.8, 4) is 17.6 Å². The molecular formula is C17H18N2O3. The molecule has 1 aromatic rings. The molecule has 0 aromatic heterocycles. The van der Waals surface area contributed by atoms with Gasteiger partial charge in [-0.2, -0.15) is 0 Å². The number of methoxy groups -OCH3 is 1. The molecule has 5 heteroatoms. The highest BCUT2D eigenvalue weighted by Crippen LogP contribution is 2.36. The molecule has 0 N–H and O–H groups in total. The third-order valence-corrected chi connectivity index (χ3v) is 4.10. The Labute approximate surface area is 129 Å². The molecule has 114 valence electrons. The number of hydrazine groups is 1. The van der Waals surface area contributed by atoms with Crippen LogP contribution in [-0.4, -0.2) is 42.0 Å². The summed E-state index contributed by atoms with van der Waals surface area (Å²) in [5.41, 5.74) is 1.42. The van der Waals surface area contributed by atoms with Gasteiger partial charge in [0.1, 0.15) is 11.7 Å². The summed E-state index contributed by atoms with van der Waals surface area (Å²) in [5, 5.41) is 3.16. The first-order valence-electron chi connectivity index (χ1n) is 7.40. The van der Waals surface area contributed by atoms with Gasteiger partial charge in [0.25, 0.3) is 11.8 Å². The van der Waals surface area contributed by atoms with Gasteiger partial charge in [-0.1, -0.05) is 12.0 Å². The number of carbonyl (C=O) groups excluding carboxylic acids is 2. The van der Waals surface area contributed by atoms with E-state index < -0.39 is 5.92 Å². The van der Waals surface area contributed by atoms with E-state index in [9.17, 15) is 9.59 Å². The maximum Gasteiger partial charge on any atom is 0.258 e. The molecule has 5 nitrogen and oxygen atoms in total. The number of hydrogen-bond donors (Lipinski definition) is 0. The zero-order valence-corrected chi connectivity index (χ0v) is 12.8. The minimum absolute atomic E-state index is 0.155. The quantitative estimate of drug-likeness (QED) is 0.614. The van der Waals surface area contributed by atoms with Crippen molar-refractivity contribution in [2.45, 2.75) is 25.7 Å². The SMILES string of the molecule is CC#Cc1ccc(C2C(=O)N3CCCCN3C2=O)c(OC)c1. The van der Waals surface area contributed by atoms with Crippen LogP contribution in [0.15, 0.2) is 18.2 Å². The topological polar surface area (TPSA) is 49.9 Å². The molecule has 2 fully saturated rings. The van der Waals surface area contributed by atoms with Crippen molar-refractivity contribution in [1.29, 1.82) is 0 Å². The average Bonchev–Trinajstić information content (AvgIpc) is 2.80. The number of benzene rings is 1. The molecule has 0 aliphatic carbocycles. The van der Waals surface area contributed by atoms with Crippen molar-refractivity contribution in [1.82, 2.24) is 10.0 Å². The molecule has 0 radical (unpaired) electrons. The lowest BCUT2D eigenvalue weighted by molar-refractivity contribution is -0.150. The summed E-state index contributed by atoms with van der Waals surface area (Å²) >= 11 is 0. The van der Waals surface area contributed by atoms with Crippen LogP contribution >= 0.6 is 0 Å². The zero-order chi connectivity index (χ0) is 15.7. The lowest BCUT2D eigenvalue weighted by Crippen LogP contribution is -2.45. The van der Waals surface area contributed by atoms with Crippen molar-refractivity contribution in [2.24, 2.45) is 0 Å². The van der Waals surface area contributed by atoms with Gasteiger partial charge < -0.3 is 4.74 Å². The summed E-state index contributed by atoms with van der Waals surface area (Å²) in [4.78, 5) is 25.2. The molecule has 2 heterocycles. The molecule has 2 aliphatic heterocycles. The Balaban J connectivity index is 2.01. The Morgan fingerprint density at radius 2 is 1.77 bits per heavy atom. The van der Waals surface area contributed by atoms with Crippen molar-refractivity contribution in [3.05, 3.63) is 29.3 Å². The largest absolute Gasteiger partial charge is 0.496 e. The number of nitrogens with zero attached hydrogens (tertiary/aromatic N) is 2. The van der Waals surface area contributed by atoms with Crippen LogP contribution < -0.4 is 4.74 Å². The van der Waals surface area contributed by atoms with E-state index in [1.54, 1.807) is 36.2 Å². The van der Waals surface area contributed by atoms with Crippen molar-refractivity contribution in [2.75, 3.05) is 20.2 Å². The summed E-state index contributed by atoms with van der Waals surface area (Å²) in [6, 6.07) is 5.37. The highest BCUT2D eigenvalue weighted by atomic mass is 16.5. The summed E-state index contributed by atoms with van der Waals surface area (Å²) in [5.74, 6) is 5.21. The smallest absolute Gasteiger partial charge is 0.258 e. The fourth-order valence-electron chi connectivity index (χ4n) is 3.06. The molecule has 0 bridgehead atoms. The van der Waals surface area contributed by atoms with Crippen LogP contribution in [-0.2, 0) is 9.59 Å². The second kappa shape index (κ2) is 5.72. The van der Waals surface area contributed by atoms with Gasteiger partial charge in [-0.15, -0.1) is 5.92 Å². The summed E-state index contributed by atoms with van der Waals surface area (Å²) in [6.45, 7) is 2.99. The number of hydrogen-bond acceptors (Lipinski definition) is 3. The van der Waals surface area contributed by atoms with Gasteiger partial charge in [0.05, 0.1) is 7.11 Å². The van der Waals surface area contributed by atoms with Gasteiger partial charge >= 0.3 is 0 Å². The van der Waals surface area contributed by atoms with E-state index in [4.69, 9.17) is 4.74 Å². The summed E-state index contributed by atoms with van der Waals surface area (Å²) < 4.78 is 5.39. The minimum Gasteiger partial charge on any atom is -0.496 e. The van der Waals surface area contributed by atoms with Crippen LogP contribution in [0, 0.1) is 11.8 Å². The lowest BCUT2D eigenvalue weighted by Gasteiger charge is -2.31.